The summed E-state index contributed by atoms with van der Waals surface area (Å²) in [5.41, 5.74) is 4.51. The Morgan fingerprint density at radius 1 is 1.23 bits per heavy atom. The number of halogens is 1. The van der Waals surface area contributed by atoms with E-state index in [1.807, 2.05) is 37.3 Å². The summed E-state index contributed by atoms with van der Waals surface area (Å²) in [6.45, 7) is 4.35. The van der Waals surface area contributed by atoms with Crippen LogP contribution in [0.2, 0.25) is 0 Å². The number of sulfonamides is 1. The van der Waals surface area contributed by atoms with Gasteiger partial charge >= 0.3 is 0 Å². The Morgan fingerprint density at radius 2 is 2.00 bits per heavy atom. The summed E-state index contributed by atoms with van der Waals surface area (Å²) < 4.78 is 33.2. The highest BCUT2D eigenvalue weighted by Gasteiger charge is 2.41. The zero-order valence-corrected chi connectivity index (χ0v) is 24.9. The van der Waals surface area contributed by atoms with Crippen LogP contribution in [0.25, 0.3) is 0 Å². The van der Waals surface area contributed by atoms with Crippen molar-refractivity contribution in [2.75, 3.05) is 23.4 Å². The molecule has 1 aliphatic heterocycles. The summed E-state index contributed by atoms with van der Waals surface area (Å²) in [7, 11) is -2.03. The van der Waals surface area contributed by atoms with Gasteiger partial charge in [0.05, 0.1) is 36.7 Å². The number of ketones is 1. The molecule has 2 aromatic rings. The van der Waals surface area contributed by atoms with Gasteiger partial charge in [-0.15, -0.1) is 0 Å². The van der Waals surface area contributed by atoms with Gasteiger partial charge in [0.15, 0.2) is 5.78 Å². The first-order chi connectivity index (χ1) is 18.5. The minimum atomic E-state index is -3.63. The van der Waals surface area contributed by atoms with Crippen molar-refractivity contribution < 1.29 is 17.9 Å². The lowest BCUT2D eigenvalue weighted by Crippen LogP contribution is -2.32. The third-order valence-corrected chi connectivity index (χ3v) is 8.40. The molecule has 2 N–H and O–H groups in total. The van der Waals surface area contributed by atoms with Crippen molar-refractivity contribution in [3.8, 4) is 11.8 Å². The van der Waals surface area contributed by atoms with Gasteiger partial charge in [-0.1, -0.05) is 25.5 Å². The fraction of sp³-hybridized carbons (Fsp3) is 0.414. The number of anilines is 2. The van der Waals surface area contributed by atoms with Crippen molar-refractivity contribution >= 4 is 48.8 Å². The van der Waals surface area contributed by atoms with Gasteiger partial charge in [-0.2, -0.15) is 5.26 Å². The zero-order chi connectivity index (χ0) is 28.3. The fourth-order valence-corrected chi connectivity index (χ4v) is 6.70. The second-order valence-electron chi connectivity index (χ2n) is 10.2. The quantitative estimate of drug-likeness (QED) is 0.349. The number of carbonyl (C=O) groups is 1. The topological polar surface area (TPSA) is 121 Å². The van der Waals surface area contributed by atoms with Crippen LogP contribution < -0.4 is 14.8 Å². The molecule has 206 valence electrons. The average Bonchev–Trinajstić information content (AvgIpc) is 2.86. The summed E-state index contributed by atoms with van der Waals surface area (Å²) in [6, 6.07) is 13.5. The molecular formula is C29H33BrN4O4S. The highest BCUT2D eigenvalue weighted by atomic mass is 79.9. The van der Waals surface area contributed by atoms with E-state index in [0.717, 1.165) is 36.1 Å². The van der Waals surface area contributed by atoms with Crippen molar-refractivity contribution in [1.82, 2.24) is 0 Å². The number of hydrogen-bond donors (Lipinski definition) is 2. The maximum atomic E-state index is 13.5. The Balaban J connectivity index is 1.78. The molecule has 0 radical (unpaired) electrons. The Bertz CT molecular complexity index is 1490. The number of aliphatic imine (C=N–C) groups is 1. The number of methoxy groups -OCH3 is 1. The summed E-state index contributed by atoms with van der Waals surface area (Å²) in [4.78, 5) is 18.2. The van der Waals surface area contributed by atoms with Crippen molar-refractivity contribution in [3.05, 3.63) is 63.3 Å². The maximum Gasteiger partial charge on any atom is 0.229 e. The smallest absolute Gasteiger partial charge is 0.229 e. The second kappa shape index (κ2) is 11.9. The third-order valence-electron chi connectivity index (χ3n) is 7.18. The van der Waals surface area contributed by atoms with Crippen LogP contribution in [0.15, 0.2) is 57.1 Å². The van der Waals surface area contributed by atoms with Gasteiger partial charge in [0, 0.05) is 40.3 Å². The molecule has 0 saturated carbocycles. The lowest BCUT2D eigenvalue weighted by Gasteiger charge is -2.35. The van der Waals surface area contributed by atoms with E-state index in [4.69, 9.17) is 9.73 Å². The molecule has 10 heteroatoms. The predicted octanol–water partition coefficient (Wildman–Crippen LogP) is 6.17. The van der Waals surface area contributed by atoms with Crippen LogP contribution in [0.5, 0.6) is 5.75 Å². The molecule has 8 nitrogen and oxygen atoms in total. The molecule has 0 fully saturated rings. The highest BCUT2D eigenvalue weighted by Crippen LogP contribution is 2.47. The molecule has 0 aromatic heterocycles. The Kier molecular flexibility index (Phi) is 8.82. The van der Waals surface area contributed by atoms with E-state index in [1.165, 1.54) is 0 Å². The van der Waals surface area contributed by atoms with Crippen molar-refractivity contribution in [2.24, 2.45) is 16.8 Å². The SMILES string of the molecule is CCCC1CC(=O)C2=C(C1)N=C(C)C(C#N)C2c1cc(Br)c(NCc2cccc(OC)c2)c(NS(C)(=O)=O)c1. The minimum Gasteiger partial charge on any atom is -0.497 e. The molecule has 3 atom stereocenters. The monoisotopic (exact) mass is 612 g/mol. The van der Waals surface area contributed by atoms with Gasteiger partial charge in [0.25, 0.3) is 0 Å². The Morgan fingerprint density at radius 3 is 2.67 bits per heavy atom. The van der Waals surface area contributed by atoms with E-state index in [-0.39, 0.29) is 11.7 Å². The molecule has 1 aliphatic carbocycles. The Hall–Kier alpha value is -3.16. The van der Waals surface area contributed by atoms with E-state index in [2.05, 4.69) is 39.0 Å². The molecule has 1 heterocycles. The van der Waals surface area contributed by atoms with E-state index in [9.17, 15) is 18.5 Å². The molecule has 0 spiro atoms. The van der Waals surface area contributed by atoms with E-state index < -0.39 is 21.9 Å². The number of nitrogens with zero attached hydrogens (tertiary/aromatic N) is 2. The number of ether oxygens (including phenoxy) is 1. The van der Waals surface area contributed by atoms with Crippen LogP contribution in [0.3, 0.4) is 0 Å². The maximum absolute atomic E-state index is 13.5. The number of nitriles is 1. The summed E-state index contributed by atoms with van der Waals surface area (Å²) in [5.74, 6) is -0.192. The Labute approximate surface area is 238 Å². The van der Waals surface area contributed by atoms with Gasteiger partial charge in [0.2, 0.25) is 10.0 Å². The first-order valence-electron chi connectivity index (χ1n) is 12.9. The molecule has 2 aromatic carbocycles. The molecule has 0 bridgehead atoms. The first-order valence-corrected chi connectivity index (χ1v) is 15.6. The van der Waals surface area contributed by atoms with E-state index in [1.54, 1.807) is 13.2 Å². The predicted molar refractivity (Wildman–Crippen MR) is 158 cm³/mol. The first kappa shape index (κ1) is 28.8. The molecule has 2 aliphatic rings. The summed E-state index contributed by atoms with van der Waals surface area (Å²) in [6.07, 6.45) is 4.17. The zero-order valence-electron chi connectivity index (χ0n) is 22.5. The van der Waals surface area contributed by atoms with Gasteiger partial charge < -0.3 is 10.1 Å². The molecular weight excluding hydrogens is 580 g/mol. The summed E-state index contributed by atoms with van der Waals surface area (Å²) in [5, 5.41) is 13.5. The third kappa shape index (κ3) is 6.53. The van der Waals surface area contributed by atoms with Crippen LogP contribution in [0, 0.1) is 23.2 Å². The molecule has 0 amide bonds. The van der Waals surface area contributed by atoms with Crippen LogP contribution in [-0.4, -0.2) is 33.3 Å². The van der Waals surface area contributed by atoms with Gasteiger partial charge in [-0.3, -0.25) is 14.5 Å². The number of benzene rings is 2. The van der Waals surface area contributed by atoms with E-state index in [0.29, 0.717) is 52.1 Å². The van der Waals surface area contributed by atoms with Crippen LogP contribution in [-0.2, 0) is 21.4 Å². The second-order valence-corrected chi connectivity index (χ2v) is 12.8. The van der Waals surface area contributed by atoms with Crippen LogP contribution in [0.1, 0.15) is 56.6 Å². The van der Waals surface area contributed by atoms with Crippen molar-refractivity contribution in [3.63, 3.8) is 0 Å². The lowest BCUT2D eigenvalue weighted by molar-refractivity contribution is -0.117. The van der Waals surface area contributed by atoms with Crippen molar-refractivity contribution in [1.29, 1.82) is 5.26 Å². The molecule has 3 unspecified atom stereocenters. The van der Waals surface area contributed by atoms with Gasteiger partial charge in [-0.25, -0.2) is 8.42 Å². The number of Topliss-reactive ketones (excluding diaryl/α,β-unsaturated/α-hetero) is 1. The number of allylic oxidation sites excluding steroid dienone is 2. The number of hydrogen-bond acceptors (Lipinski definition) is 7. The average molecular weight is 614 g/mol. The largest absolute Gasteiger partial charge is 0.497 e. The standard InChI is InChI=1S/C29H33BrN4O4S/c1-5-7-18-11-24-28(26(35)12-18)27(22(15-31)17(2)33-24)20-13-23(30)29(25(14-20)34-39(4,36)37)32-16-19-8-6-9-21(10-19)38-3/h6,8-10,13-14,18,22,27,32,34H,5,7,11-12,16H2,1-4H3. The van der Waals surface area contributed by atoms with Crippen molar-refractivity contribution in [2.45, 2.75) is 52.0 Å². The highest BCUT2D eigenvalue weighted by molar-refractivity contribution is 9.10. The fourth-order valence-electron chi connectivity index (χ4n) is 5.52. The number of carbonyl (C=O) groups excluding carboxylic acids is 1. The molecule has 4 rings (SSSR count). The van der Waals surface area contributed by atoms with Crippen LogP contribution >= 0.6 is 15.9 Å². The summed E-state index contributed by atoms with van der Waals surface area (Å²) >= 11 is 3.63. The molecule has 39 heavy (non-hydrogen) atoms. The van der Waals surface area contributed by atoms with Gasteiger partial charge in [-0.05, 0) is 77.0 Å². The lowest BCUT2D eigenvalue weighted by atomic mass is 9.70. The molecule has 0 saturated heterocycles. The number of rotatable bonds is 9. The normalized spacial score (nSPS) is 21.1. The number of nitrogens with one attached hydrogen (secondary N) is 2. The van der Waals surface area contributed by atoms with Gasteiger partial charge in [0.1, 0.15) is 5.75 Å². The minimum absolute atomic E-state index is 0.0187. The van der Waals surface area contributed by atoms with E-state index >= 15 is 0 Å². The van der Waals surface area contributed by atoms with Crippen LogP contribution in [0.4, 0.5) is 11.4 Å².